The first kappa shape index (κ1) is 6.69. The van der Waals surface area contributed by atoms with Gasteiger partial charge >= 0.3 is 0 Å². The van der Waals surface area contributed by atoms with Crippen molar-refractivity contribution in [1.82, 2.24) is 0 Å². The molecule has 0 heterocycles. The highest BCUT2D eigenvalue weighted by Gasteiger charge is 1.62. The molecule has 0 aliphatic heterocycles. The molecule has 0 fully saturated rings. The minimum absolute atomic E-state index is 1.19. The quantitative estimate of drug-likeness (QED) is 0.398. The first-order chi connectivity index (χ1) is 3.41. The lowest BCUT2D eigenvalue weighted by atomic mass is 10.9. The van der Waals surface area contributed by atoms with Crippen molar-refractivity contribution >= 4 is 24.6 Å². The average Bonchev–Trinajstić information content (AvgIpc) is 1.69. The monoisotopic (exact) mass is 116 g/mol. The first-order valence-corrected chi connectivity index (χ1v) is 2.77. The van der Waals surface area contributed by atoms with E-state index in [0.29, 0.717) is 0 Å². The highest BCUT2D eigenvalue weighted by Crippen LogP contribution is 1.98. The van der Waals surface area contributed by atoms with Crippen LogP contribution < -0.4 is 0 Å². The molecule has 0 atom stereocenters. The third-order valence-corrected chi connectivity index (χ3v) is 0.915. The summed E-state index contributed by atoms with van der Waals surface area (Å²) in [4.78, 5) is 0. The maximum absolute atomic E-state index is 3.76. The van der Waals surface area contributed by atoms with Gasteiger partial charge in [0, 0.05) is 12.4 Å². The predicted molar refractivity (Wildman–Crippen MR) is 35.9 cm³/mol. The van der Waals surface area contributed by atoms with Crippen LogP contribution >= 0.6 is 12.1 Å². The fourth-order valence-electron chi connectivity index (χ4n) is 0.121. The van der Waals surface area contributed by atoms with E-state index in [-0.39, 0.29) is 0 Å². The third kappa shape index (κ3) is 5.69. The molecule has 0 saturated carbocycles. The van der Waals surface area contributed by atoms with Crippen LogP contribution in [-0.2, 0) is 0 Å². The SMILES string of the molecule is CC=NSN=CC. The van der Waals surface area contributed by atoms with E-state index in [1.54, 1.807) is 12.4 Å². The van der Waals surface area contributed by atoms with Gasteiger partial charge in [-0.3, -0.25) is 0 Å². The Morgan fingerprint density at radius 3 is 1.86 bits per heavy atom. The van der Waals surface area contributed by atoms with E-state index in [0.717, 1.165) is 0 Å². The second-order valence-electron chi connectivity index (χ2n) is 0.809. The average molecular weight is 116 g/mol. The molecule has 0 saturated heterocycles. The summed E-state index contributed by atoms with van der Waals surface area (Å²) in [6.45, 7) is 3.72. The van der Waals surface area contributed by atoms with Gasteiger partial charge < -0.3 is 0 Å². The van der Waals surface area contributed by atoms with Crippen LogP contribution in [0.1, 0.15) is 13.8 Å². The molecule has 0 spiro atoms. The van der Waals surface area contributed by atoms with Crippen LogP contribution in [0.4, 0.5) is 0 Å². The lowest BCUT2D eigenvalue weighted by molar-refractivity contribution is 1.80. The Morgan fingerprint density at radius 2 is 1.57 bits per heavy atom. The molecule has 0 rings (SSSR count). The van der Waals surface area contributed by atoms with E-state index in [1.165, 1.54) is 12.1 Å². The Kier molecular flexibility index (Phi) is 5.44. The molecule has 0 aromatic carbocycles. The van der Waals surface area contributed by atoms with Crippen molar-refractivity contribution in [3.05, 3.63) is 0 Å². The number of hydrogen-bond acceptors (Lipinski definition) is 3. The van der Waals surface area contributed by atoms with Crippen molar-refractivity contribution in [3.8, 4) is 0 Å². The molecule has 40 valence electrons. The molecular weight excluding hydrogens is 108 g/mol. The first-order valence-electron chi connectivity index (χ1n) is 2.04. The fraction of sp³-hybridized carbons (Fsp3) is 0.500. The van der Waals surface area contributed by atoms with Crippen molar-refractivity contribution in [3.63, 3.8) is 0 Å². The maximum atomic E-state index is 3.76. The fourth-order valence-corrected chi connectivity index (χ4v) is 0.364. The molecule has 0 radical (unpaired) electrons. The normalized spacial score (nSPS) is 11.7. The van der Waals surface area contributed by atoms with Crippen LogP contribution in [0.3, 0.4) is 0 Å². The molecule has 0 unspecified atom stereocenters. The zero-order chi connectivity index (χ0) is 5.54. The van der Waals surface area contributed by atoms with Gasteiger partial charge in [0.25, 0.3) is 0 Å². The van der Waals surface area contributed by atoms with Crippen molar-refractivity contribution in [1.29, 1.82) is 0 Å². The van der Waals surface area contributed by atoms with Gasteiger partial charge in [-0.15, -0.1) is 0 Å². The Morgan fingerprint density at radius 1 is 1.14 bits per heavy atom. The van der Waals surface area contributed by atoms with Gasteiger partial charge in [-0.2, -0.15) is 0 Å². The molecule has 3 heteroatoms. The Balaban J connectivity index is 2.98. The van der Waals surface area contributed by atoms with Crippen LogP contribution in [0.2, 0.25) is 0 Å². The molecule has 7 heavy (non-hydrogen) atoms. The van der Waals surface area contributed by atoms with Crippen LogP contribution in [0.5, 0.6) is 0 Å². The van der Waals surface area contributed by atoms with Crippen LogP contribution in [-0.4, -0.2) is 12.4 Å². The standard InChI is InChI=1S/C4H8N2S/c1-3-5-7-6-4-2/h3-4H,1-2H3. The number of hydrogen-bond donors (Lipinski definition) is 0. The van der Waals surface area contributed by atoms with Crippen molar-refractivity contribution in [2.75, 3.05) is 0 Å². The molecule has 0 aromatic rings. The minimum atomic E-state index is 1.19. The van der Waals surface area contributed by atoms with Gasteiger partial charge in [0.1, 0.15) is 12.1 Å². The van der Waals surface area contributed by atoms with E-state index in [2.05, 4.69) is 8.80 Å². The van der Waals surface area contributed by atoms with E-state index < -0.39 is 0 Å². The minimum Gasteiger partial charge on any atom is -0.206 e. The molecule has 2 nitrogen and oxygen atoms in total. The van der Waals surface area contributed by atoms with Gasteiger partial charge in [0.15, 0.2) is 0 Å². The molecular formula is C4H8N2S. The van der Waals surface area contributed by atoms with Crippen LogP contribution in [0.25, 0.3) is 0 Å². The van der Waals surface area contributed by atoms with Crippen LogP contribution in [0, 0.1) is 0 Å². The highest BCUT2D eigenvalue weighted by molar-refractivity contribution is 7.96. The molecule has 0 aliphatic rings. The summed E-state index contributed by atoms with van der Waals surface area (Å²) >= 11 is 1.19. The lowest BCUT2D eigenvalue weighted by Crippen LogP contribution is -1.52. The summed E-state index contributed by atoms with van der Waals surface area (Å²) in [6.07, 6.45) is 3.41. The highest BCUT2D eigenvalue weighted by atomic mass is 32.2. The maximum Gasteiger partial charge on any atom is 0.114 e. The molecule has 0 aromatic heterocycles. The Hall–Kier alpha value is -0.310. The Labute approximate surface area is 48.0 Å². The molecule has 0 amide bonds. The van der Waals surface area contributed by atoms with Crippen LogP contribution in [0.15, 0.2) is 8.80 Å². The third-order valence-electron chi connectivity index (χ3n) is 0.305. The summed E-state index contributed by atoms with van der Waals surface area (Å²) in [5, 5.41) is 0. The molecule has 0 aliphatic carbocycles. The zero-order valence-electron chi connectivity index (χ0n) is 4.46. The Bertz CT molecular complexity index is 67.8. The number of nitrogens with zero attached hydrogens (tertiary/aromatic N) is 2. The predicted octanol–water partition coefficient (Wildman–Crippen LogP) is 1.73. The van der Waals surface area contributed by atoms with Gasteiger partial charge in [-0.1, -0.05) is 0 Å². The van der Waals surface area contributed by atoms with Gasteiger partial charge in [0.2, 0.25) is 0 Å². The second kappa shape index (κ2) is 5.69. The van der Waals surface area contributed by atoms with Gasteiger partial charge in [-0.05, 0) is 13.8 Å². The van der Waals surface area contributed by atoms with Gasteiger partial charge in [0.05, 0.1) is 0 Å². The molecule has 0 bridgehead atoms. The summed E-state index contributed by atoms with van der Waals surface area (Å²) in [5.41, 5.74) is 0. The summed E-state index contributed by atoms with van der Waals surface area (Å²) < 4.78 is 7.51. The summed E-state index contributed by atoms with van der Waals surface area (Å²) in [5.74, 6) is 0. The second-order valence-corrected chi connectivity index (χ2v) is 1.39. The van der Waals surface area contributed by atoms with E-state index in [4.69, 9.17) is 0 Å². The topological polar surface area (TPSA) is 24.7 Å². The van der Waals surface area contributed by atoms with E-state index in [9.17, 15) is 0 Å². The van der Waals surface area contributed by atoms with Crippen molar-refractivity contribution in [2.45, 2.75) is 13.8 Å². The largest absolute Gasteiger partial charge is 0.206 e. The number of rotatable bonds is 2. The lowest BCUT2D eigenvalue weighted by Gasteiger charge is -1.73. The zero-order valence-corrected chi connectivity index (χ0v) is 5.27. The summed E-state index contributed by atoms with van der Waals surface area (Å²) in [7, 11) is 0. The van der Waals surface area contributed by atoms with Gasteiger partial charge in [-0.25, -0.2) is 8.80 Å². The smallest absolute Gasteiger partial charge is 0.114 e. The summed E-state index contributed by atoms with van der Waals surface area (Å²) in [6, 6.07) is 0. The molecule has 0 N–H and O–H groups in total. The van der Waals surface area contributed by atoms with Crippen molar-refractivity contribution in [2.24, 2.45) is 8.80 Å². The van der Waals surface area contributed by atoms with Crippen molar-refractivity contribution < 1.29 is 0 Å². The van der Waals surface area contributed by atoms with E-state index >= 15 is 0 Å². The van der Waals surface area contributed by atoms with E-state index in [1.807, 2.05) is 13.8 Å².